The van der Waals surface area contributed by atoms with Crippen LogP contribution in [0.5, 0.6) is 0 Å². The standard InChI is InChI=1S/C54H36N4/c1-4-16-37(17-5-1)55(38-18-6-2-7-19-38)42-22-12-23-43(36-42)56(39-20-8-3-9-21-39)40-32-34-41(35-33-40)57-49-29-14-25-45-47-27-13-26-46-44-24-10-11-28-48(44)58(54(46)47)51-31-15-30-50(57)53(51)52(45)49/h1-36H. The molecule has 0 aliphatic heterocycles. The molecular weight excluding hydrogens is 705 g/mol. The van der Waals surface area contributed by atoms with Gasteiger partial charge in [0, 0.05) is 66.7 Å². The summed E-state index contributed by atoms with van der Waals surface area (Å²) in [6, 6.07) is 78.9. The van der Waals surface area contributed by atoms with Crippen LogP contribution < -0.4 is 9.80 Å². The first-order chi connectivity index (χ1) is 28.8. The lowest BCUT2D eigenvalue weighted by atomic mass is 10.0. The minimum atomic E-state index is 1.07. The summed E-state index contributed by atoms with van der Waals surface area (Å²) in [6.45, 7) is 0. The van der Waals surface area contributed by atoms with Gasteiger partial charge in [0.2, 0.25) is 0 Å². The van der Waals surface area contributed by atoms with Crippen molar-refractivity contribution in [2.45, 2.75) is 0 Å². The maximum atomic E-state index is 2.50. The van der Waals surface area contributed by atoms with Crippen molar-refractivity contribution < 1.29 is 0 Å². The number of rotatable bonds is 7. The number of benzene rings is 9. The number of anilines is 6. The van der Waals surface area contributed by atoms with E-state index in [1.165, 1.54) is 59.9 Å². The lowest BCUT2D eigenvalue weighted by Crippen LogP contribution is -2.13. The van der Waals surface area contributed by atoms with Crippen molar-refractivity contribution in [3.05, 3.63) is 218 Å². The Morgan fingerprint density at radius 3 is 1.33 bits per heavy atom. The van der Waals surface area contributed by atoms with E-state index < -0.39 is 0 Å². The van der Waals surface area contributed by atoms with Gasteiger partial charge in [0.05, 0.1) is 27.6 Å². The van der Waals surface area contributed by atoms with Crippen LogP contribution in [-0.4, -0.2) is 8.97 Å². The van der Waals surface area contributed by atoms with Gasteiger partial charge in [-0.1, -0.05) is 115 Å². The molecule has 12 aromatic rings. The molecule has 4 heteroatoms. The smallest absolute Gasteiger partial charge is 0.0619 e. The summed E-state index contributed by atoms with van der Waals surface area (Å²) in [7, 11) is 0. The van der Waals surface area contributed by atoms with Crippen molar-refractivity contribution in [1.29, 1.82) is 0 Å². The van der Waals surface area contributed by atoms with E-state index in [-0.39, 0.29) is 0 Å². The molecule has 0 fully saturated rings. The third kappa shape index (κ3) is 4.82. The predicted octanol–water partition coefficient (Wildman–Crippen LogP) is 14.9. The van der Waals surface area contributed by atoms with Gasteiger partial charge >= 0.3 is 0 Å². The second kappa shape index (κ2) is 12.9. The van der Waals surface area contributed by atoms with Gasteiger partial charge in [-0.25, -0.2) is 0 Å². The fourth-order valence-corrected chi connectivity index (χ4v) is 9.41. The first kappa shape index (κ1) is 32.4. The quantitative estimate of drug-likeness (QED) is 0.162. The number of hydrogen-bond acceptors (Lipinski definition) is 2. The number of nitrogens with zero attached hydrogens (tertiary/aromatic N) is 4. The Balaban J connectivity index is 1.04. The van der Waals surface area contributed by atoms with Crippen molar-refractivity contribution in [1.82, 2.24) is 8.97 Å². The molecule has 0 spiro atoms. The summed E-state index contributed by atoms with van der Waals surface area (Å²) in [4.78, 5) is 4.66. The maximum Gasteiger partial charge on any atom is 0.0619 e. The Labute approximate surface area is 335 Å². The minimum absolute atomic E-state index is 1.07. The number of fused-ring (bicyclic) bond motifs is 5. The Morgan fingerprint density at radius 2 is 0.690 bits per heavy atom. The molecule has 272 valence electrons. The molecule has 0 N–H and O–H groups in total. The molecule has 0 atom stereocenters. The first-order valence-electron chi connectivity index (χ1n) is 19.9. The van der Waals surface area contributed by atoms with Crippen molar-refractivity contribution in [3.63, 3.8) is 0 Å². The molecule has 9 aromatic carbocycles. The van der Waals surface area contributed by atoms with E-state index in [1.807, 2.05) is 0 Å². The number of para-hydroxylation sites is 5. The number of aromatic nitrogens is 2. The number of hydrogen-bond donors (Lipinski definition) is 0. The largest absolute Gasteiger partial charge is 0.310 e. The van der Waals surface area contributed by atoms with E-state index in [0.29, 0.717) is 0 Å². The van der Waals surface area contributed by atoms with Gasteiger partial charge in [-0.15, -0.1) is 0 Å². The average molecular weight is 741 g/mol. The molecule has 0 saturated heterocycles. The van der Waals surface area contributed by atoms with Crippen molar-refractivity contribution in [3.8, 4) is 5.69 Å². The van der Waals surface area contributed by atoms with E-state index in [4.69, 9.17) is 0 Å². The molecule has 0 aliphatic carbocycles. The van der Waals surface area contributed by atoms with Crippen LogP contribution in [0.1, 0.15) is 0 Å². The second-order valence-corrected chi connectivity index (χ2v) is 15.0. The van der Waals surface area contributed by atoms with E-state index in [9.17, 15) is 0 Å². The van der Waals surface area contributed by atoms with Crippen molar-refractivity contribution >= 4 is 94.0 Å². The summed E-state index contributed by atoms with van der Waals surface area (Å²) >= 11 is 0. The summed E-state index contributed by atoms with van der Waals surface area (Å²) in [6.07, 6.45) is 0. The maximum absolute atomic E-state index is 2.50. The Morgan fingerprint density at radius 1 is 0.276 bits per heavy atom. The highest BCUT2D eigenvalue weighted by molar-refractivity contribution is 6.31. The molecule has 0 bridgehead atoms. The fourth-order valence-electron chi connectivity index (χ4n) is 9.41. The predicted molar refractivity (Wildman–Crippen MR) is 245 cm³/mol. The highest BCUT2D eigenvalue weighted by Gasteiger charge is 2.22. The van der Waals surface area contributed by atoms with Crippen LogP contribution in [0, 0.1) is 0 Å². The Bertz CT molecular complexity index is 3400. The minimum Gasteiger partial charge on any atom is -0.310 e. The van der Waals surface area contributed by atoms with E-state index in [1.54, 1.807) is 0 Å². The fraction of sp³-hybridized carbons (Fsp3) is 0. The molecule has 3 heterocycles. The average Bonchev–Trinajstić information content (AvgIpc) is 3.77. The van der Waals surface area contributed by atoms with Crippen molar-refractivity contribution in [2.24, 2.45) is 0 Å². The lowest BCUT2D eigenvalue weighted by Gasteiger charge is -2.29. The SMILES string of the molecule is c1ccc(N(c2ccccc2)c2cccc(N(c3ccccc3)c3ccc(-n4c5cccc6c7cccc8c9ccccc9n(c9cccc4c9c65)c78)cc3)c2)cc1. The van der Waals surface area contributed by atoms with Crippen LogP contribution in [0.4, 0.5) is 34.1 Å². The summed E-state index contributed by atoms with van der Waals surface area (Å²) in [5.41, 5.74) is 13.8. The van der Waals surface area contributed by atoms with Crippen LogP contribution in [0.15, 0.2) is 218 Å². The molecule has 0 amide bonds. The highest BCUT2D eigenvalue weighted by atomic mass is 15.2. The van der Waals surface area contributed by atoms with Crippen LogP contribution in [0.3, 0.4) is 0 Å². The summed E-state index contributed by atoms with van der Waals surface area (Å²) in [5.74, 6) is 0. The Kier molecular flexibility index (Phi) is 7.20. The van der Waals surface area contributed by atoms with Gasteiger partial charge in [-0.05, 0) is 109 Å². The van der Waals surface area contributed by atoms with Crippen LogP contribution in [0.2, 0.25) is 0 Å². The monoisotopic (exact) mass is 740 g/mol. The van der Waals surface area contributed by atoms with E-state index in [2.05, 4.69) is 237 Å². The van der Waals surface area contributed by atoms with Gasteiger partial charge in [0.15, 0.2) is 0 Å². The molecule has 0 saturated carbocycles. The van der Waals surface area contributed by atoms with Gasteiger partial charge < -0.3 is 18.8 Å². The van der Waals surface area contributed by atoms with Gasteiger partial charge in [0.25, 0.3) is 0 Å². The van der Waals surface area contributed by atoms with E-state index >= 15 is 0 Å². The second-order valence-electron chi connectivity index (χ2n) is 15.0. The molecule has 3 aromatic heterocycles. The topological polar surface area (TPSA) is 15.8 Å². The molecule has 0 radical (unpaired) electrons. The first-order valence-corrected chi connectivity index (χ1v) is 19.9. The van der Waals surface area contributed by atoms with Crippen LogP contribution >= 0.6 is 0 Å². The highest BCUT2D eigenvalue weighted by Crippen LogP contribution is 2.45. The lowest BCUT2D eigenvalue weighted by molar-refractivity contribution is 1.17. The summed E-state index contributed by atoms with van der Waals surface area (Å²) in [5, 5.41) is 7.68. The normalized spacial score (nSPS) is 11.8. The molecular formula is C54H36N4. The van der Waals surface area contributed by atoms with Gasteiger partial charge in [-0.3, -0.25) is 0 Å². The molecule has 4 nitrogen and oxygen atoms in total. The third-order valence-electron chi connectivity index (χ3n) is 11.8. The molecule has 0 aliphatic rings. The van der Waals surface area contributed by atoms with Gasteiger partial charge in [0.1, 0.15) is 0 Å². The molecule has 58 heavy (non-hydrogen) atoms. The summed E-state index contributed by atoms with van der Waals surface area (Å²) < 4.78 is 4.95. The van der Waals surface area contributed by atoms with Gasteiger partial charge in [-0.2, -0.15) is 0 Å². The zero-order valence-electron chi connectivity index (χ0n) is 31.6. The Hall–Kier alpha value is -7.82. The van der Waals surface area contributed by atoms with Crippen LogP contribution in [0.25, 0.3) is 65.6 Å². The van der Waals surface area contributed by atoms with Crippen LogP contribution in [-0.2, 0) is 0 Å². The van der Waals surface area contributed by atoms with Crippen molar-refractivity contribution in [2.75, 3.05) is 9.80 Å². The zero-order valence-corrected chi connectivity index (χ0v) is 31.6. The third-order valence-corrected chi connectivity index (χ3v) is 11.8. The molecule has 0 unspecified atom stereocenters. The zero-order chi connectivity index (χ0) is 38.2. The molecule has 12 rings (SSSR count). The van der Waals surface area contributed by atoms with E-state index in [0.717, 1.165) is 39.8 Å².